The summed E-state index contributed by atoms with van der Waals surface area (Å²) in [6, 6.07) is 4.83. The van der Waals surface area contributed by atoms with E-state index < -0.39 is 11.7 Å². The van der Waals surface area contributed by atoms with Gasteiger partial charge >= 0.3 is 6.18 Å². The topological polar surface area (TPSA) is 0 Å². The lowest BCUT2D eigenvalue weighted by Crippen LogP contribution is -2.05. The third kappa shape index (κ3) is 2.78. The van der Waals surface area contributed by atoms with Crippen molar-refractivity contribution in [1.82, 2.24) is 0 Å². The van der Waals surface area contributed by atoms with Crippen molar-refractivity contribution < 1.29 is 13.2 Å². The monoisotopic (exact) mass is 282 g/mol. The first-order valence-electron chi connectivity index (χ1n) is 3.71. The van der Waals surface area contributed by atoms with Gasteiger partial charge in [-0.05, 0) is 17.7 Å². The minimum atomic E-state index is -4.28. The number of hydrogen-bond donors (Lipinski definition) is 0. The molecule has 0 saturated heterocycles. The van der Waals surface area contributed by atoms with Gasteiger partial charge in [0.15, 0.2) is 0 Å². The van der Waals surface area contributed by atoms with Gasteiger partial charge in [-0.2, -0.15) is 13.2 Å². The standard InChI is InChI=1S/C9H6BrF3S/c10-5-8(14)6-1-3-7(4-2-6)9(11,12)13/h1-4H,5H2. The van der Waals surface area contributed by atoms with Crippen molar-refractivity contribution in [2.45, 2.75) is 6.18 Å². The molecular weight excluding hydrogens is 277 g/mol. The Kier molecular flexibility index (Phi) is 3.66. The molecule has 76 valence electrons. The van der Waals surface area contributed by atoms with Crippen molar-refractivity contribution in [1.29, 1.82) is 0 Å². The SMILES string of the molecule is FC(F)(F)c1ccc(C(=S)CBr)cc1. The summed E-state index contributed by atoms with van der Waals surface area (Å²) in [7, 11) is 0. The molecule has 0 bridgehead atoms. The van der Waals surface area contributed by atoms with Gasteiger partial charge in [-0.25, -0.2) is 0 Å². The second kappa shape index (κ2) is 4.40. The molecule has 1 aromatic rings. The Morgan fingerprint density at radius 2 is 1.71 bits per heavy atom. The van der Waals surface area contributed by atoms with Crippen LogP contribution >= 0.6 is 28.1 Å². The van der Waals surface area contributed by atoms with E-state index in [-0.39, 0.29) is 0 Å². The van der Waals surface area contributed by atoms with Crippen LogP contribution in [0.2, 0.25) is 0 Å². The molecule has 0 aromatic heterocycles. The molecule has 0 aliphatic heterocycles. The zero-order chi connectivity index (χ0) is 10.8. The lowest BCUT2D eigenvalue weighted by atomic mass is 10.1. The van der Waals surface area contributed by atoms with Gasteiger partial charge in [-0.3, -0.25) is 0 Å². The predicted molar refractivity (Wildman–Crippen MR) is 56.9 cm³/mol. The van der Waals surface area contributed by atoms with E-state index in [2.05, 4.69) is 15.9 Å². The van der Waals surface area contributed by atoms with Crippen LogP contribution in [0.25, 0.3) is 0 Å². The molecule has 0 aliphatic rings. The van der Waals surface area contributed by atoms with Gasteiger partial charge in [-0.1, -0.05) is 40.3 Å². The lowest BCUT2D eigenvalue weighted by Gasteiger charge is -2.07. The summed E-state index contributed by atoms with van der Waals surface area (Å²) in [5, 5.41) is 0.480. The van der Waals surface area contributed by atoms with Crippen molar-refractivity contribution >= 4 is 33.0 Å². The second-order valence-corrected chi connectivity index (χ2v) is 3.69. The molecule has 0 fully saturated rings. The van der Waals surface area contributed by atoms with E-state index in [1.807, 2.05) is 0 Å². The van der Waals surface area contributed by atoms with Crippen LogP contribution in [0, 0.1) is 0 Å². The largest absolute Gasteiger partial charge is 0.416 e. The summed E-state index contributed by atoms with van der Waals surface area (Å²) in [4.78, 5) is 0.596. The van der Waals surface area contributed by atoms with E-state index >= 15 is 0 Å². The maximum Gasteiger partial charge on any atom is 0.416 e. The van der Waals surface area contributed by atoms with Crippen LogP contribution in [0.5, 0.6) is 0 Å². The first kappa shape index (κ1) is 11.7. The molecule has 0 radical (unpaired) electrons. The Hall–Kier alpha value is -0.420. The Morgan fingerprint density at radius 1 is 1.21 bits per heavy atom. The Labute approximate surface area is 93.2 Å². The molecule has 1 rings (SSSR count). The van der Waals surface area contributed by atoms with E-state index in [4.69, 9.17) is 12.2 Å². The third-order valence-electron chi connectivity index (χ3n) is 1.66. The summed E-state index contributed by atoms with van der Waals surface area (Å²) in [5.74, 6) is 0. The number of rotatable bonds is 2. The minimum absolute atomic E-state index is 0.480. The summed E-state index contributed by atoms with van der Waals surface area (Å²) in [5.41, 5.74) is -0.0107. The zero-order valence-corrected chi connectivity index (χ0v) is 9.34. The molecule has 1 aromatic carbocycles. The van der Waals surface area contributed by atoms with E-state index in [9.17, 15) is 13.2 Å². The predicted octanol–water partition coefficient (Wildman–Crippen LogP) is 3.82. The molecule has 0 unspecified atom stereocenters. The molecule has 0 aliphatic carbocycles. The smallest absolute Gasteiger partial charge is 0.166 e. The molecule has 0 heterocycles. The number of alkyl halides is 4. The van der Waals surface area contributed by atoms with Gasteiger partial charge in [0.1, 0.15) is 0 Å². The first-order valence-corrected chi connectivity index (χ1v) is 5.24. The first-order chi connectivity index (χ1) is 6.45. The number of thiocarbonyl (C=S) groups is 1. The fraction of sp³-hybridized carbons (Fsp3) is 0.222. The average molecular weight is 283 g/mol. The molecule has 0 amide bonds. The van der Waals surface area contributed by atoms with Crippen molar-refractivity contribution in [3.05, 3.63) is 35.4 Å². The van der Waals surface area contributed by atoms with Crippen LogP contribution in [-0.4, -0.2) is 10.2 Å². The molecule has 0 N–H and O–H groups in total. The van der Waals surface area contributed by atoms with Gasteiger partial charge in [0.05, 0.1) is 5.56 Å². The highest BCUT2D eigenvalue weighted by molar-refractivity contribution is 9.09. The van der Waals surface area contributed by atoms with E-state index in [0.29, 0.717) is 15.8 Å². The van der Waals surface area contributed by atoms with Crippen molar-refractivity contribution in [2.75, 3.05) is 5.33 Å². The van der Waals surface area contributed by atoms with E-state index in [0.717, 1.165) is 12.1 Å². The normalized spacial score (nSPS) is 11.4. The van der Waals surface area contributed by atoms with Crippen molar-refractivity contribution in [2.24, 2.45) is 0 Å². The molecule has 5 heteroatoms. The van der Waals surface area contributed by atoms with Gasteiger partial charge in [0, 0.05) is 10.2 Å². The molecule has 14 heavy (non-hydrogen) atoms. The molecule has 0 spiro atoms. The van der Waals surface area contributed by atoms with Gasteiger partial charge in [-0.15, -0.1) is 0 Å². The number of halogens is 4. The van der Waals surface area contributed by atoms with Crippen LogP contribution in [0.1, 0.15) is 11.1 Å². The van der Waals surface area contributed by atoms with Gasteiger partial charge < -0.3 is 0 Å². The highest BCUT2D eigenvalue weighted by Gasteiger charge is 2.29. The van der Waals surface area contributed by atoms with E-state index in [1.165, 1.54) is 12.1 Å². The van der Waals surface area contributed by atoms with Crippen molar-refractivity contribution in [3.8, 4) is 0 Å². The zero-order valence-electron chi connectivity index (χ0n) is 6.94. The third-order valence-corrected chi connectivity index (χ3v) is 2.97. The number of benzene rings is 1. The molecule has 0 atom stereocenters. The van der Waals surface area contributed by atoms with Crippen LogP contribution in [0.4, 0.5) is 13.2 Å². The fourth-order valence-electron chi connectivity index (χ4n) is 0.922. The van der Waals surface area contributed by atoms with Crippen LogP contribution < -0.4 is 0 Å². The number of hydrogen-bond acceptors (Lipinski definition) is 1. The summed E-state index contributed by atoms with van der Waals surface area (Å²) >= 11 is 8.08. The van der Waals surface area contributed by atoms with Gasteiger partial charge in [0.2, 0.25) is 0 Å². The highest BCUT2D eigenvalue weighted by Crippen LogP contribution is 2.29. The summed E-state index contributed by atoms with van der Waals surface area (Å²) < 4.78 is 36.5. The Morgan fingerprint density at radius 3 is 2.07 bits per heavy atom. The molecule has 0 nitrogen and oxygen atoms in total. The maximum absolute atomic E-state index is 12.2. The second-order valence-electron chi connectivity index (χ2n) is 2.63. The van der Waals surface area contributed by atoms with Crippen LogP contribution in [0.15, 0.2) is 24.3 Å². The summed E-state index contributed by atoms with van der Waals surface area (Å²) in [6.07, 6.45) is -4.28. The average Bonchev–Trinajstić information content (AvgIpc) is 2.15. The Bertz CT molecular complexity index is 329. The van der Waals surface area contributed by atoms with Crippen LogP contribution in [-0.2, 0) is 6.18 Å². The Balaban J connectivity index is 2.95. The molecular formula is C9H6BrF3S. The lowest BCUT2D eigenvalue weighted by molar-refractivity contribution is -0.137. The van der Waals surface area contributed by atoms with E-state index in [1.54, 1.807) is 0 Å². The fourth-order valence-corrected chi connectivity index (χ4v) is 1.38. The van der Waals surface area contributed by atoms with Crippen LogP contribution in [0.3, 0.4) is 0 Å². The van der Waals surface area contributed by atoms with Gasteiger partial charge in [0.25, 0.3) is 0 Å². The maximum atomic E-state index is 12.2. The highest BCUT2D eigenvalue weighted by atomic mass is 79.9. The summed E-state index contributed by atoms with van der Waals surface area (Å²) in [6.45, 7) is 0. The molecule has 0 saturated carbocycles. The van der Waals surface area contributed by atoms with Crippen molar-refractivity contribution in [3.63, 3.8) is 0 Å². The minimum Gasteiger partial charge on any atom is -0.166 e. The quantitative estimate of drug-likeness (QED) is 0.452.